The summed E-state index contributed by atoms with van der Waals surface area (Å²) in [4.78, 5) is 11.8. The smallest absolute Gasteiger partial charge is 0.139 e. The molecule has 0 saturated heterocycles. The summed E-state index contributed by atoms with van der Waals surface area (Å²) in [5.74, 6) is 3.11. The molecule has 74 valence electrons. The Bertz CT molecular complexity index is 207. The zero-order chi connectivity index (χ0) is 9.42. The molecule has 0 aromatic rings. The van der Waals surface area contributed by atoms with Gasteiger partial charge in [-0.05, 0) is 37.5 Å². The zero-order valence-electron chi connectivity index (χ0n) is 8.75. The van der Waals surface area contributed by atoms with E-state index in [0.717, 1.165) is 18.3 Å². The van der Waals surface area contributed by atoms with E-state index in [1.54, 1.807) is 0 Å². The maximum atomic E-state index is 11.8. The summed E-state index contributed by atoms with van der Waals surface area (Å²) in [6, 6.07) is 0. The molecule has 13 heavy (non-hydrogen) atoms. The van der Waals surface area contributed by atoms with E-state index >= 15 is 0 Å². The van der Waals surface area contributed by atoms with Crippen LogP contribution in [0.15, 0.2) is 0 Å². The van der Waals surface area contributed by atoms with E-state index in [1.807, 2.05) is 0 Å². The van der Waals surface area contributed by atoms with Crippen molar-refractivity contribution in [2.24, 2.45) is 23.7 Å². The van der Waals surface area contributed by atoms with Crippen LogP contribution in [0.3, 0.4) is 0 Å². The van der Waals surface area contributed by atoms with Gasteiger partial charge in [-0.1, -0.05) is 20.3 Å². The minimum absolute atomic E-state index is 0.436. The van der Waals surface area contributed by atoms with Crippen LogP contribution in [0.2, 0.25) is 0 Å². The molecule has 0 heterocycles. The molecule has 0 bridgehead atoms. The van der Waals surface area contributed by atoms with Crippen LogP contribution in [0.25, 0.3) is 0 Å². The highest BCUT2D eigenvalue weighted by atomic mass is 16.1. The molecule has 0 unspecified atom stereocenters. The van der Waals surface area contributed by atoms with Gasteiger partial charge >= 0.3 is 0 Å². The van der Waals surface area contributed by atoms with E-state index in [0.29, 0.717) is 17.6 Å². The quantitative estimate of drug-likeness (QED) is 0.652. The molecule has 1 heteroatoms. The molecule has 0 aromatic heterocycles. The molecule has 2 rings (SSSR count). The van der Waals surface area contributed by atoms with E-state index < -0.39 is 0 Å². The van der Waals surface area contributed by atoms with Crippen LogP contribution in [0.4, 0.5) is 0 Å². The molecule has 1 nitrogen and oxygen atoms in total. The van der Waals surface area contributed by atoms with E-state index in [2.05, 4.69) is 13.8 Å². The van der Waals surface area contributed by atoms with Gasteiger partial charge in [0.1, 0.15) is 5.78 Å². The molecule has 2 saturated carbocycles. The lowest BCUT2D eigenvalue weighted by molar-refractivity contribution is -0.126. The average Bonchev–Trinajstić information content (AvgIpc) is 2.82. The van der Waals surface area contributed by atoms with Crippen molar-refractivity contribution in [2.45, 2.75) is 46.0 Å². The fourth-order valence-electron chi connectivity index (χ4n) is 2.60. The maximum Gasteiger partial charge on any atom is 0.139 e. The Hall–Kier alpha value is -0.330. The second-order valence-electron chi connectivity index (χ2n) is 5.25. The minimum Gasteiger partial charge on any atom is -0.299 e. The number of hydrogen-bond acceptors (Lipinski definition) is 1. The van der Waals surface area contributed by atoms with Gasteiger partial charge < -0.3 is 0 Å². The molecular formula is C12H20O. The Balaban J connectivity index is 1.81. The van der Waals surface area contributed by atoms with E-state index in [4.69, 9.17) is 0 Å². The Labute approximate surface area is 80.9 Å². The Morgan fingerprint density at radius 2 is 2.15 bits per heavy atom. The van der Waals surface area contributed by atoms with Crippen LogP contribution in [0.1, 0.15) is 46.0 Å². The third-order valence-electron chi connectivity index (χ3n) is 3.67. The number of carbonyl (C=O) groups is 1. The van der Waals surface area contributed by atoms with Gasteiger partial charge in [0.2, 0.25) is 0 Å². The van der Waals surface area contributed by atoms with Crippen molar-refractivity contribution in [2.75, 3.05) is 0 Å². The minimum atomic E-state index is 0.436. The van der Waals surface area contributed by atoms with Gasteiger partial charge in [0.15, 0.2) is 0 Å². The lowest BCUT2D eigenvalue weighted by Gasteiger charge is -2.20. The first-order valence-corrected chi connectivity index (χ1v) is 5.72. The van der Waals surface area contributed by atoms with Crippen molar-refractivity contribution in [3.8, 4) is 0 Å². The molecule has 0 amide bonds. The van der Waals surface area contributed by atoms with Gasteiger partial charge in [0.25, 0.3) is 0 Å². The number of hydrogen-bond donors (Lipinski definition) is 0. The summed E-state index contributed by atoms with van der Waals surface area (Å²) in [5, 5.41) is 0. The highest BCUT2D eigenvalue weighted by Crippen LogP contribution is 2.50. The largest absolute Gasteiger partial charge is 0.299 e. The Morgan fingerprint density at radius 1 is 1.38 bits per heavy atom. The molecule has 0 radical (unpaired) electrons. The van der Waals surface area contributed by atoms with Gasteiger partial charge in [0.05, 0.1) is 0 Å². The van der Waals surface area contributed by atoms with Crippen molar-refractivity contribution in [3.05, 3.63) is 0 Å². The summed E-state index contributed by atoms with van der Waals surface area (Å²) in [6.07, 6.45) is 6.12. The van der Waals surface area contributed by atoms with Gasteiger partial charge in [-0.2, -0.15) is 0 Å². The van der Waals surface area contributed by atoms with Crippen LogP contribution < -0.4 is 0 Å². The number of ketones is 1. The molecule has 2 aliphatic rings. The monoisotopic (exact) mass is 180 g/mol. The van der Waals surface area contributed by atoms with Gasteiger partial charge in [-0.25, -0.2) is 0 Å². The maximum absolute atomic E-state index is 11.8. The lowest BCUT2D eigenvalue weighted by atomic mass is 9.83. The van der Waals surface area contributed by atoms with Crippen molar-refractivity contribution in [3.63, 3.8) is 0 Å². The van der Waals surface area contributed by atoms with Gasteiger partial charge in [0, 0.05) is 11.8 Å². The topological polar surface area (TPSA) is 17.1 Å². The molecule has 2 fully saturated rings. The SMILES string of the molecule is CC(C)CC[C@H]1CC[C@@H]2C[C@@H]2C1=O. The third kappa shape index (κ3) is 1.95. The number of Topliss-reactive ketones (excluding diaryl/α,β-unsaturated/α-hetero) is 1. The van der Waals surface area contributed by atoms with Crippen molar-refractivity contribution >= 4 is 5.78 Å². The summed E-state index contributed by atoms with van der Waals surface area (Å²) >= 11 is 0. The van der Waals surface area contributed by atoms with E-state index in [1.165, 1.54) is 25.7 Å². The first-order chi connectivity index (χ1) is 6.18. The van der Waals surface area contributed by atoms with Gasteiger partial charge in [-0.15, -0.1) is 0 Å². The van der Waals surface area contributed by atoms with Crippen LogP contribution in [-0.2, 0) is 4.79 Å². The molecule has 3 atom stereocenters. The first-order valence-electron chi connectivity index (χ1n) is 5.72. The molecule has 0 spiro atoms. The predicted octanol–water partition coefficient (Wildman–Crippen LogP) is 3.04. The fraction of sp³-hybridized carbons (Fsp3) is 0.917. The zero-order valence-corrected chi connectivity index (χ0v) is 8.75. The number of rotatable bonds is 3. The van der Waals surface area contributed by atoms with E-state index in [-0.39, 0.29) is 0 Å². The fourth-order valence-corrected chi connectivity index (χ4v) is 2.60. The normalized spacial score (nSPS) is 37.8. The van der Waals surface area contributed by atoms with E-state index in [9.17, 15) is 4.79 Å². The average molecular weight is 180 g/mol. The summed E-state index contributed by atoms with van der Waals surface area (Å²) in [5.41, 5.74) is 0. The number of carbonyl (C=O) groups excluding carboxylic acids is 1. The van der Waals surface area contributed by atoms with Crippen LogP contribution in [0.5, 0.6) is 0 Å². The molecule has 0 aromatic carbocycles. The van der Waals surface area contributed by atoms with Crippen LogP contribution in [-0.4, -0.2) is 5.78 Å². The molecular weight excluding hydrogens is 160 g/mol. The summed E-state index contributed by atoms with van der Waals surface area (Å²) < 4.78 is 0. The van der Waals surface area contributed by atoms with Crippen LogP contribution >= 0.6 is 0 Å². The first kappa shape index (κ1) is 9.23. The molecule has 2 aliphatic carbocycles. The standard InChI is InChI=1S/C12H20O/c1-8(2)3-4-9-5-6-10-7-11(10)12(9)13/h8-11H,3-7H2,1-2H3/t9-,10+,11-/m0/s1. The van der Waals surface area contributed by atoms with Crippen molar-refractivity contribution < 1.29 is 4.79 Å². The second kappa shape index (κ2) is 3.43. The summed E-state index contributed by atoms with van der Waals surface area (Å²) in [7, 11) is 0. The Kier molecular flexibility index (Phi) is 2.44. The predicted molar refractivity (Wildman–Crippen MR) is 53.4 cm³/mol. The van der Waals surface area contributed by atoms with Gasteiger partial charge in [-0.3, -0.25) is 4.79 Å². The highest BCUT2D eigenvalue weighted by molar-refractivity contribution is 5.86. The van der Waals surface area contributed by atoms with Crippen molar-refractivity contribution in [1.82, 2.24) is 0 Å². The van der Waals surface area contributed by atoms with Crippen LogP contribution in [0, 0.1) is 23.7 Å². The Morgan fingerprint density at radius 3 is 2.85 bits per heavy atom. The lowest BCUT2D eigenvalue weighted by Crippen LogP contribution is -2.22. The molecule has 0 aliphatic heterocycles. The van der Waals surface area contributed by atoms with Crippen molar-refractivity contribution in [1.29, 1.82) is 0 Å². The summed E-state index contributed by atoms with van der Waals surface area (Å²) in [6.45, 7) is 4.49. The molecule has 0 N–H and O–H groups in total. The number of fused-ring (bicyclic) bond motifs is 1. The second-order valence-corrected chi connectivity index (χ2v) is 5.25. The highest BCUT2D eigenvalue weighted by Gasteiger charge is 2.48. The third-order valence-corrected chi connectivity index (χ3v) is 3.67.